The lowest BCUT2D eigenvalue weighted by Crippen LogP contribution is -2.47. The van der Waals surface area contributed by atoms with E-state index in [-0.39, 0.29) is 11.7 Å². The molecule has 1 aromatic rings. The van der Waals surface area contributed by atoms with E-state index >= 15 is 0 Å². The normalized spacial score (nSPS) is 16.1. The van der Waals surface area contributed by atoms with Gasteiger partial charge in [-0.3, -0.25) is 25.0 Å². The molecule has 28 heavy (non-hydrogen) atoms. The van der Waals surface area contributed by atoms with Gasteiger partial charge in [-0.2, -0.15) is 0 Å². The molecule has 1 aromatic carbocycles. The SMILES string of the molecule is C[C@H](OC(=O)[C@@H](C)Sc1ccc([N+](=O)[O-])cc1)C(=O)NC(=O)NC1CCCC1. The van der Waals surface area contributed by atoms with Crippen molar-refractivity contribution in [2.45, 2.75) is 61.8 Å². The Hall–Kier alpha value is -2.62. The van der Waals surface area contributed by atoms with Crippen LogP contribution in [0.4, 0.5) is 10.5 Å². The van der Waals surface area contributed by atoms with Crippen molar-refractivity contribution in [3.8, 4) is 0 Å². The summed E-state index contributed by atoms with van der Waals surface area (Å²) >= 11 is 1.15. The van der Waals surface area contributed by atoms with Gasteiger partial charge in [0, 0.05) is 23.1 Å². The van der Waals surface area contributed by atoms with Gasteiger partial charge in [0.2, 0.25) is 0 Å². The van der Waals surface area contributed by atoms with Gasteiger partial charge in [-0.05, 0) is 38.8 Å². The van der Waals surface area contributed by atoms with Crippen LogP contribution in [0.1, 0.15) is 39.5 Å². The van der Waals surface area contributed by atoms with Crippen LogP contribution < -0.4 is 10.6 Å². The molecule has 2 N–H and O–H groups in total. The Balaban J connectivity index is 1.78. The zero-order valence-corrected chi connectivity index (χ0v) is 16.5. The summed E-state index contributed by atoms with van der Waals surface area (Å²) in [5, 5.41) is 14.9. The number of nitro groups is 1. The number of urea groups is 1. The summed E-state index contributed by atoms with van der Waals surface area (Å²) in [5.74, 6) is -1.32. The van der Waals surface area contributed by atoms with Crippen LogP contribution in [-0.4, -0.2) is 40.2 Å². The standard InChI is InChI=1S/C18H23N3O6S/c1-11(16(22)20-18(24)19-13-5-3-4-6-13)27-17(23)12(2)28-15-9-7-14(8-10-15)21(25)26/h7-13H,3-6H2,1-2H3,(H2,19,20,22,24)/t11-,12+/m0/s1. The molecule has 2 rings (SSSR count). The highest BCUT2D eigenvalue weighted by Gasteiger charge is 2.25. The van der Waals surface area contributed by atoms with Crippen LogP contribution in [0.25, 0.3) is 0 Å². The fourth-order valence-corrected chi connectivity index (χ4v) is 3.58. The molecule has 10 heteroatoms. The van der Waals surface area contributed by atoms with Crippen molar-refractivity contribution in [2.24, 2.45) is 0 Å². The number of nitrogens with zero attached hydrogens (tertiary/aromatic N) is 1. The minimum Gasteiger partial charge on any atom is -0.452 e. The number of esters is 1. The highest BCUT2D eigenvalue weighted by Crippen LogP contribution is 2.26. The van der Waals surface area contributed by atoms with E-state index < -0.39 is 34.2 Å². The van der Waals surface area contributed by atoms with Crippen LogP contribution in [-0.2, 0) is 14.3 Å². The van der Waals surface area contributed by atoms with Gasteiger partial charge in [0.05, 0.1) is 4.92 Å². The quantitative estimate of drug-likeness (QED) is 0.307. The largest absolute Gasteiger partial charge is 0.452 e. The number of ether oxygens (including phenoxy) is 1. The van der Waals surface area contributed by atoms with Crippen molar-refractivity contribution in [2.75, 3.05) is 0 Å². The molecule has 0 aliphatic heterocycles. The van der Waals surface area contributed by atoms with Crippen LogP contribution >= 0.6 is 11.8 Å². The average Bonchev–Trinajstić information content (AvgIpc) is 3.14. The second kappa shape index (κ2) is 10.1. The Morgan fingerprint density at radius 3 is 2.36 bits per heavy atom. The first kappa shape index (κ1) is 21.7. The molecule has 9 nitrogen and oxygen atoms in total. The van der Waals surface area contributed by atoms with Gasteiger partial charge < -0.3 is 10.1 Å². The first-order valence-corrected chi connectivity index (χ1v) is 9.87. The Morgan fingerprint density at radius 2 is 1.79 bits per heavy atom. The molecular weight excluding hydrogens is 386 g/mol. The fourth-order valence-electron chi connectivity index (χ4n) is 2.73. The summed E-state index contributed by atoms with van der Waals surface area (Å²) in [6.07, 6.45) is 2.77. The molecule has 1 aliphatic carbocycles. The van der Waals surface area contributed by atoms with E-state index in [1.54, 1.807) is 6.92 Å². The Bertz CT molecular complexity index is 733. The number of amides is 3. The number of benzene rings is 1. The minimum atomic E-state index is -1.12. The zero-order valence-electron chi connectivity index (χ0n) is 15.7. The van der Waals surface area contributed by atoms with Crippen LogP contribution in [0.15, 0.2) is 29.2 Å². The number of carbonyl (C=O) groups excluding carboxylic acids is 3. The van der Waals surface area contributed by atoms with Crippen molar-refractivity contribution < 1.29 is 24.0 Å². The molecule has 152 valence electrons. The first-order valence-electron chi connectivity index (χ1n) is 8.99. The maximum Gasteiger partial charge on any atom is 0.321 e. The molecule has 0 saturated heterocycles. The molecule has 1 aliphatic rings. The third kappa shape index (κ3) is 6.52. The minimum absolute atomic E-state index is 0.0410. The highest BCUT2D eigenvalue weighted by molar-refractivity contribution is 8.00. The van der Waals surface area contributed by atoms with Crippen LogP contribution in [0.3, 0.4) is 0 Å². The monoisotopic (exact) mass is 409 g/mol. The van der Waals surface area contributed by atoms with Crippen molar-refractivity contribution in [3.05, 3.63) is 34.4 Å². The van der Waals surface area contributed by atoms with E-state index in [9.17, 15) is 24.5 Å². The lowest BCUT2D eigenvalue weighted by molar-refractivity contribution is -0.384. The smallest absolute Gasteiger partial charge is 0.321 e. The van der Waals surface area contributed by atoms with E-state index in [1.807, 2.05) is 0 Å². The van der Waals surface area contributed by atoms with Gasteiger partial charge >= 0.3 is 12.0 Å². The van der Waals surface area contributed by atoms with Crippen molar-refractivity contribution in [1.29, 1.82) is 0 Å². The maximum absolute atomic E-state index is 12.2. The van der Waals surface area contributed by atoms with Gasteiger partial charge in [0.15, 0.2) is 6.10 Å². The van der Waals surface area contributed by atoms with Crippen LogP contribution in [0.5, 0.6) is 0 Å². The zero-order chi connectivity index (χ0) is 20.7. The predicted octanol–water partition coefficient (Wildman–Crippen LogP) is 2.78. The number of carbonyl (C=O) groups is 3. The first-order chi connectivity index (χ1) is 13.3. The molecule has 0 radical (unpaired) electrons. The van der Waals surface area contributed by atoms with Crippen molar-refractivity contribution in [3.63, 3.8) is 0 Å². The number of nitrogens with one attached hydrogen (secondary N) is 2. The molecule has 3 amide bonds. The molecule has 2 atom stereocenters. The molecule has 1 saturated carbocycles. The number of nitro benzene ring substituents is 1. The predicted molar refractivity (Wildman–Crippen MR) is 103 cm³/mol. The van der Waals surface area contributed by atoms with Gasteiger partial charge in [0.25, 0.3) is 11.6 Å². The summed E-state index contributed by atoms with van der Waals surface area (Å²) in [6, 6.07) is 5.25. The second-order valence-electron chi connectivity index (χ2n) is 6.53. The van der Waals surface area contributed by atoms with Crippen molar-refractivity contribution >= 4 is 35.4 Å². The number of hydrogen-bond acceptors (Lipinski definition) is 7. The van der Waals surface area contributed by atoms with E-state index in [0.717, 1.165) is 37.4 Å². The number of non-ortho nitro benzene ring substituents is 1. The number of hydrogen-bond donors (Lipinski definition) is 2. The molecular formula is C18H23N3O6S. The molecule has 0 aromatic heterocycles. The van der Waals surface area contributed by atoms with Gasteiger partial charge in [0.1, 0.15) is 5.25 Å². The number of imide groups is 1. The Morgan fingerprint density at radius 1 is 1.18 bits per heavy atom. The van der Waals surface area contributed by atoms with Crippen molar-refractivity contribution in [1.82, 2.24) is 10.6 Å². The summed E-state index contributed by atoms with van der Waals surface area (Å²) < 4.78 is 5.12. The fraction of sp³-hybridized carbons (Fsp3) is 0.500. The molecule has 0 heterocycles. The van der Waals surface area contributed by atoms with Crippen LogP contribution in [0, 0.1) is 10.1 Å². The van der Waals surface area contributed by atoms with E-state index in [2.05, 4.69) is 10.6 Å². The van der Waals surface area contributed by atoms with E-state index in [4.69, 9.17) is 4.74 Å². The van der Waals surface area contributed by atoms with Gasteiger partial charge in [-0.15, -0.1) is 11.8 Å². The maximum atomic E-state index is 12.2. The van der Waals surface area contributed by atoms with E-state index in [0.29, 0.717) is 4.90 Å². The topological polar surface area (TPSA) is 128 Å². The number of rotatable bonds is 7. The third-order valence-electron chi connectivity index (χ3n) is 4.28. The van der Waals surface area contributed by atoms with E-state index in [1.165, 1.54) is 31.2 Å². The molecule has 1 fully saturated rings. The molecule has 0 spiro atoms. The molecule has 0 bridgehead atoms. The van der Waals surface area contributed by atoms with Gasteiger partial charge in [-0.25, -0.2) is 4.79 Å². The molecule has 0 unspecified atom stereocenters. The Labute approximate surface area is 166 Å². The summed E-state index contributed by atoms with van der Waals surface area (Å²) in [7, 11) is 0. The highest BCUT2D eigenvalue weighted by atomic mass is 32.2. The summed E-state index contributed by atoms with van der Waals surface area (Å²) in [4.78, 5) is 46.8. The summed E-state index contributed by atoms with van der Waals surface area (Å²) in [5.41, 5.74) is -0.0410. The second-order valence-corrected chi connectivity index (χ2v) is 7.95. The van der Waals surface area contributed by atoms with Gasteiger partial charge in [-0.1, -0.05) is 12.8 Å². The lowest BCUT2D eigenvalue weighted by atomic mass is 10.2. The summed E-state index contributed by atoms with van der Waals surface area (Å²) in [6.45, 7) is 2.99. The third-order valence-corrected chi connectivity index (χ3v) is 5.37. The van der Waals surface area contributed by atoms with Crippen LogP contribution in [0.2, 0.25) is 0 Å². The Kier molecular flexibility index (Phi) is 7.80. The number of thioether (sulfide) groups is 1. The average molecular weight is 409 g/mol. The lowest BCUT2D eigenvalue weighted by Gasteiger charge is -2.17.